The maximum absolute atomic E-state index is 14.7. The first-order valence-corrected chi connectivity index (χ1v) is 20.5. The lowest BCUT2D eigenvalue weighted by molar-refractivity contribution is -0.145. The summed E-state index contributed by atoms with van der Waals surface area (Å²) >= 11 is 0. The highest BCUT2D eigenvalue weighted by molar-refractivity contribution is 6.38. The summed E-state index contributed by atoms with van der Waals surface area (Å²) in [5, 5.41) is 20.1. The van der Waals surface area contributed by atoms with Crippen molar-refractivity contribution in [2.75, 3.05) is 13.1 Å². The summed E-state index contributed by atoms with van der Waals surface area (Å²) in [4.78, 5) is 95.0. The molecular weight excluding hydrogens is 730 g/mol. The number of aliphatic carboxylic acids is 1. The minimum absolute atomic E-state index is 0.0828. The number of Topliss-reactive ketones (excluding diaryl/α,β-unsaturated/α-hetero) is 1. The molecule has 3 aliphatic rings. The van der Waals surface area contributed by atoms with Gasteiger partial charge in [0.2, 0.25) is 29.4 Å². The molecule has 5 rings (SSSR count). The summed E-state index contributed by atoms with van der Waals surface area (Å²) in [5.41, 5.74) is 1.25. The van der Waals surface area contributed by atoms with Crippen LogP contribution in [0.2, 0.25) is 0 Å². The zero-order chi connectivity index (χ0) is 40.7. The fourth-order valence-electron chi connectivity index (χ4n) is 8.24. The zero-order valence-corrected chi connectivity index (χ0v) is 32.8. The Balaban J connectivity index is 1.29. The molecule has 2 aromatic rings. The number of benzene rings is 2. The van der Waals surface area contributed by atoms with Crippen LogP contribution in [0.3, 0.4) is 0 Å². The molecule has 0 aromatic heterocycles. The minimum atomic E-state index is -1.37. The number of rotatable bonds is 18. The summed E-state index contributed by atoms with van der Waals surface area (Å²) in [5.74, 6) is -5.57. The summed E-state index contributed by atoms with van der Waals surface area (Å²) in [6.07, 6.45) is 9.25. The largest absolute Gasteiger partial charge is 0.479 e. The molecule has 5 atom stereocenters. The van der Waals surface area contributed by atoms with Crippen molar-refractivity contribution in [2.45, 2.75) is 127 Å². The van der Waals surface area contributed by atoms with Gasteiger partial charge in [-0.3, -0.25) is 28.8 Å². The SMILES string of the molecule is CCCC(NC(=O)[C@@H]1C[C@@H](OCc2ccccc2)CN1C(=O)C(NC(=O)C1CCCCC1)C1CCCCC1)C(=O)C(=O)NCC(=O)NC(C(=O)O)c1ccccc1. The van der Waals surface area contributed by atoms with Crippen LogP contribution in [0.5, 0.6) is 0 Å². The fraction of sp³-hybridized carbons (Fsp3) is 0.558. The van der Waals surface area contributed by atoms with E-state index in [0.29, 0.717) is 12.0 Å². The molecule has 1 aliphatic heterocycles. The third kappa shape index (κ3) is 12.2. The maximum Gasteiger partial charge on any atom is 0.330 e. The van der Waals surface area contributed by atoms with E-state index >= 15 is 0 Å². The van der Waals surface area contributed by atoms with Gasteiger partial charge in [-0.15, -0.1) is 0 Å². The lowest BCUT2D eigenvalue weighted by Crippen LogP contribution is -2.58. The standard InChI is InChI=1S/C43H57N5O9/c1-2-15-33(38(50)41(53)44-25-35(49)46-37(43(55)56)30-20-11-5-12-21-30)45-40(52)34-24-32(57-27-28-16-7-3-8-17-28)26-48(34)42(54)36(29-18-9-4-10-19-29)47-39(51)31-22-13-6-14-23-31/h3,5,7-8,11-12,16-17,20-21,29,31-34,36-37H,2,4,6,9-10,13-15,18-19,22-27H2,1H3,(H,44,53)(H,45,52)(H,46,49)(H,47,51)(H,55,56)/t32-,33?,34+,36?,37?/m1/s1. The van der Waals surface area contributed by atoms with Gasteiger partial charge in [0.05, 0.1) is 25.3 Å². The van der Waals surface area contributed by atoms with Crippen molar-refractivity contribution in [1.29, 1.82) is 0 Å². The van der Waals surface area contributed by atoms with Crippen molar-refractivity contribution in [2.24, 2.45) is 11.8 Å². The molecule has 2 saturated carbocycles. The van der Waals surface area contributed by atoms with Gasteiger partial charge >= 0.3 is 5.97 Å². The zero-order valence-electron chi connectivity index (χ0n) is 32.8. The van der Waals surface area contributed by atoms with Crippen LogP contribution in [0.4, 0.5) is 0 Å². The van der Waals surface area contributed by atoms with E-state index in [1.165, 1.54) is 4.90 Å². The first kappa shape index (κ1) is 43.0. The van der Waals surface area contributed by atoms with Gasteiger partial charge in [0, 0.05) is 18.9 Å². The first-order valence-electron chi connectivity index (χ1n) is 20.5. The van der Waals surface area contributed by atoms with E-state index in [-0.39, 0.29) is 49.6 Å². The number of likely N-dealkylation sites (tertiary alicyclic amines) is 1. The normalized spacial score (nSPS) is 20.4. The second-order valence-corrected chi connectivity index (χ2v) is 15.5. The van der Waals surface area contributed by atoms with Crippen molar-refractivity contribution in [1.82, 2.24) is 26.2 Å². The number of ether oxygens (including phenoxy) is 1. The van der Waals surface area contributed by atoms with E-state index in [9.17, 15) is 38.7 Å². The van der Waals surface area contributed by atoms with E-state index in [0.717, 1.165) is 69.8 Å². The van der Waals surface area contributed by atoms with Gasteiger partial charge in [0.15, 0.2) is 6.04 Å². The highest BCUT2D eigenvalue weighted by Gasteiger charge is 2.45. The molecule has 0 radical (unpaired) electrons. The van der Waals surface area contributed by atoms with Crippen LogP contribution >= 0.6 is 0 Å². The number of carbonyl (C=O) groups is 7. The average molecular weight is 788 g/mol. The number of carboxylic acid groups (broad SMARTS) is 1. The molecule has 3 unspecified atom stereocenters. The third-order valence-electron chi connectivity index (χ3n) is 11.4. The summed E-state index contributed by atoms with van der Waals surface area (Å²) < 4.78 is 6.25. The van der Waals surface area contributed by atoms with Crippen LogP contribution in [-0.4, -0.2) is 88.6 Å². The number of hydrogen-bond acceptors (Lipinski definition) is 8. The van der Waals surface area contributed by atoms with Crippen LogP contribution in [0.15, 0.2) is 60.7 Å². The summed E-state index contributed by atoms with van der Waals surface area (Å²) in [7, 11) is 0. The second kappa shape index (κ2) is 21.4. The number of carboxylic acids is 1. The number of ketones is 1. The highest BCUT2D eigenvalue weighted by Crippen LogP contribution is 2.32. The fourth-order valence-corrected chi connectivity index (χ4v) is 8.24. The van der Waals surface area contributed by atoms with Crippen molar-refractivity contribution in [3.8, 4) is 0 Å². The van der Waals surface area contributed by atoms with Crippen LogP contribution in [0.25, 0.3) is 0 Å². The van der Waals surface area contributed by atoms with E-state index in [1.807, 2.05) is 30.3 Å². The van der Waals surface area contributed by atoms with E-state index in [1.54, 1.807) is 37.3 Å². The van der Waals surface area contributed by atoms with E-state index < -0.39 is 66.3 Å². The Morgan fingerprint density at radius 3 is 2.05 bits per heavy atom. The van der Waals surface area contributed by atoms with Crippen molar-refractivity contribution < 1.29 is 43.4 Å². The molecule has 14 nitrogen and oxygen atoms in total. The van der Waals surface area contributed by atoms with Gasteiger partial charge < -0.3 is 36.0 Å². The van der Waals surface area contributed by atoms with Gasteiger partial charge in [0.1, 0.15) is 12.1 Å². The summed E-state index contributed by atoms with van der Waals surface area (Å²) in [6, 6.07) is 13.1. The Bertz CT molecular complexity index is 1690. The van der Waals surface area contributed by atoms with E-state index in [2.05, 4.69) is 21.3 Å². The molecule has 14 heteroatoms. The van der Waals surface area contributed by atoms with Gasteiger partial charge in [-0.05, 0) is 49.1 Å². The monoisotopic (exact) mass is 787 g/mol. The summed E-state index contributed by atoms with van der Waals surface area (Å²) in [6.45, 7) is 1.48. The third-order valence-corrected chi connectivity index (χ3v) is 11.4. The van der Waals surface area contributed by atoms with Crippen molar-refractivity contribution >= 4 is 41.3 Å². The Kier molecular flexibility index (Phi) is 16.2. The molecule has 0 spiro atoms. The van der Waals surface area contributed by atoms with E-state index in [4.69, 9.17) is 4.74 Å². The molecular formula is C43H57N5O9. The van der Waals surface area contributed by atoms with Crippen LogP contribution < -0.4 is 21.3 Å². The Morgan fingerprint density at radius 1 is 0.789 bits per heavy atom. The predicted octanol–water partition coefficient (Wildman–Crippen LogP) is 3.73. The molecule has 1 saturated heterocycles. The molecule has 5 N–H and O–H groups in total. The Hall–Kier alpha value is -5.11. The maximum atomic E-state index is 14.7. The van der Waals surface area contributed by atoms with Crippen LogP contribution in [0, 0.1) is 11.8 Å². The molecule has 3 fully saturated rings. The molecule has 2 aromatic carbocycles. The van der Waals surface area contributed by atoms with Gasteiger partial charge in [-0.1, -0.05) is 113 Å². The van der Waals surface area contributed by atoms with Crippen LogP contribution in [-0.2, 0) is 44.9 Å². The number of hydrogen-bond donors (Lipinski definition) is 5. The molecule has 1 heterocycles. The topological polar surface area (TPSA) is 200 Å². The molecule has 5 amide bonds. The number of nitrogens with zero attached hydrogens (tertiary/aromatic N) is 1. The smallest absolute Gasteiger partial charge is 0.330 e. The number of amides is 5. The lowest BCUT2D eigenvalue weighted by Gasteiger charge is -2.35. The average Bonchev–Trinajstić information content (AvgIpc) is 3.68. The highest BCUT2D eigenvalue weighted by atomic mass is 16.5. The second-order valence-electron chi connectivity index (χ2n) is 15.5. The number of nitrogens with one attached hydrogen (secondary N) is 4. The Labute approximate surface area is 334 Å². The Morgan fingerprint density at radius 2 is 1.42 bits per heavy atom. The van der Waals surface area contributed by atoms with Gasteiger partial charge in [-0.2, -0.15) is 0 Å². The first-order chi connectivity index (χ1) is 27.5. The molecule has 308 valence electrons. The van der Waals surface area contributed by atoms with Crippen LogP contribution in [0.1, 0.15) is 108 Å². The molecule has 2 aliphatic carbocycles. The number of carbonyl (C=O) groups excluding carboxylic acids is 6. The van der Waals surface area contributed by atoms with Gasteiger partial charge in [0.25, 0.3) is 5.91 Å². The van der Waals surface area contributed by atoms with Crippen molar-refractivity contribution in [3.63, 3.8) is 0 Å². The molecule has 57 heavy (non-hydrogen) atoms. The predicted molar refractivity (Wildman–Crippen MR) is 210 cm³/mol. The minimum Gasteiger partial charge on any atom is -0.479 e. The quantitative estimate of drug-likeness (QED) is 0.140. The molecule has 0 bridgehead atoms. The van der Waals surface area contributed by atoms with Crippen molar-refractivity contribution in [3.05, 3.63) is 71.8 Å². The van der Waals surface area contributed by atoms with Gasteiger partial charge in [-0.25, -0.2) is 4.79 Å². The lowest BCUT2D eigenvalue weighted by atomic mass is 9.82.